The molecule has 1 aromatic heterocycles. The Bertz CT molecular complexity index is 706. The predicted molar refractivity (Wildman–Crippen MR) is 93.7 cm³/mol. The maximum atomic E-state index is 12.2. The lowest BCUT2D eigenvalue weighted by molar-refractivity contribution is 0.154. The molecule has 0 aliphatic carbocycles. The molecule has 2 rings (SSSR count). The van der Waals surface area contributed by atoms with Crippen LogP contribution in [-0.2, 0) is 0 Å². The van der Waals surface area contributed by atoms with Crippen molar-refractivity contribution in [1.82, 2.24) is 9.88 Å². The molecule has 2 aromatic rings. The number of aliphatic hydroxyl groups is 1. The summed E-state index contributed by atoms with van der Waals surface area (Å²) in [7, 11) is 0. The van der Waals surface area contributed by atoms with Crippen molar-refractivity contribution in [2.75, 3.05) is 13.1 Å². The van der Waals surface area contributed by atoms with Crippen molar-refractivity contribution in [2.45, 2.75) is 20.0 Å². The zero-order chi connectivity index (χ0) is 17.7. The second-order valence-electron chi connectivity index (χ2n) is 5.00. The molecule has 0 bridgehead atoms. The Balaban J connectivity index is 2.43. The number of aromatic nitrogens is 1. The van der Waals surface area contributed by atoms with E-state index in [2.05, 4.69) is 4.98 Å². The van der Waals surface area contributed by atoms with Crippen molar-refractivity contribution in [2.24, 2.45) is 0 Å². The Morgan fingerprint density at radius 2 is 1.83 bits per heavy atom. The molecule has 7 heteroatoms. The quantitative estimate of drug-likeness (QED) is 0.853. The van der Waals surface area contributed by atoms with Gasteiger partial charge in [0.05, 0.1) is 10.0 Å². The van der Waals surface area contributed by atoms with Crippen LogP contribution < -0.4 is 4.74 Å². The van der Waals surface area contributed by atoms with E-state index in [1.165, 1.54) is 17.0 Å². The fraction of sp³-hybridized carbons (Fsp3) is 0.294. The lowest BCUT2D eigenvalue weighted by Gasteiger charge is -2.21. The number of hydrogen-bond donors (Lipinski definition) is 1. The van der Waals surface area contributed by atoms with Gasteiger partial charge in [0.1, 0.15) is 11.9 Å². The Labute approximate surface area is 150 Å². The highest BCUT2D eigenvalue weighted by Crippen LogP contribution is 2.39. The number of carbonyl (C=O) groups is 1. The van der Waals surface area contributed by atoms with Crippen LogP contribution in [0.2, 0.25) is 10.0 Å². The number of aliphatic hydroxyl groups excluding tert-OH is 1. The molecule has 24 heavy (non-hydrogen) atoms. The molecule has 1 heterocycles. The summed E-state index contributed by atoms with van der Waals surface area (Å²) in [6.45, 7) is 4.73. The highest BCUT2D eigenvalue weighted by atomic mass is 35.5. The highest BCUT2D eigenvalue weighted by Gasteiger charge is 2.24. The van der Waals surface area contributed by atoms with E-state index < -0.39 is 12.2 Å². The zero-order valence-electron chi connectivity index (χ0n) is 13.4. The highest BCUT2D eigenvalue weighted by molar-refractivity contribution is 6.42. The first-order chi connectivity index (χ1) is 11.5. The summed E-state index contributed by atoms with van der Waals surface area (Å²) in [5.74, 6) is 0.172. The number of pyridine rings is 1. The molecule has 1 N–H and O–H groups in total. The Morgan fingerprint density at radius 3 is 2.42 bits per heavy atom. The summed E-state index contributed by atoms with van der Waals surface area (Å²) in [4.78, 5) is 17.7. The first kappa shape index (κ1) is 18.5. The minimum atomic E-state index is -1.10. The molecule has 0 fully saturated rings. The van der Waals surface area contributed by atoms with Gasteiger partial charge < -0.3 is 14.7 Å². The number of amides is 1. The van der Waals surface area contributed by atoms with Gasteiger partial charge in [-0.05, 0) is 43.7 Å². The monoisotopic (exact) mass is 368 g/mol. The van der Waals surface area contributed by atoms with Gasteiger partial charge in [0.2, 0.25) is 0 Å². The van der Waals surface area contributed by atoms with Gasteiger partial charge in [0.25, 0.3) is 0 Å². The molecule has 0 saturated heterocycles. The normalized spacial score (nSPS) is 11.9. The molecule has 0 saturated carbocycles. The summed E-state index contributed by atoms with van der Waals surface area (Å²) < 4.78 is 5.44. The summed E-state index contributed by atoms with van der Waals surface area (Å²) in [6.07, 6.45) is 1.50. The summed E-state index contributed by atoms with van der Waals surface area (Å²) >= 11 is 12.3. The Hall–Kier alpha value is -1.82. The Morgan fingerprint density at radius 1 is 1.21 bits per heavy atom. The lowest BCUT2D eigenvalue weighted by Crippen LogP contribution is -2.33. The number of nitrogens with zero attached hydrogens (tertiary/aromatic N) is 2. The van der Waals surface area contributed by atoms with E-state index >= 15 is 0 Å². The van der Waals surface area contributed by atoms with Gasteiger partial charge in [-0.25, -0.2) is 4.79 Å². The summed E-state index contributed by atoms with van der Waals surface area (Å²) in [6, 6.07) is 6.35. The third-order valence-electron chi connectivity index (χ3n) is 3.61. The largest absolute Gasteiger partial charge is 0.415 e. The molecule has 0 aliphatic heterocycles. The summed E-state index contributed by atoms with van der Waals surface area (Å²) in [5.41, 5.74) is 0.810. The maximum absolute atomic E-state index is 12.2. The number of carbonyl (C=O) groups excluding carboxylic acids is 1. The zero-order valence-corrected chi connectivity index (χ0v) is 14.9. The fourth-order valence-electron chi connectivity index (χ4n) is 2.25. The molecular weight excluding hydrogens is 351 g/mol. The van der Waals surface area contributed by atoms with Crippen molar-refractivity contribution >= 4 is 29.3 Å². The SMILES string of the molecule is CCN(CC)C(=O)Oc1ccc(Cl)c(Cl)c1C(O)c1ccncc1. The Kier molecular flexibility index (Phi) is 6.43. The van der Waals surface area contributed by atoms with Crippen molar-refractivity contribution in [3.63, 3.8) is 0 Å². The average molecular weight is 369 g/mol. The first-order valence-electron chi connectivity index (χ1n) is 7.52. The van der Waals surface area contributed by atoms with Gasteiger partial charge in [-0.2, -0.15) is 0 Å². The molecule has 1 atom stereocenters. The number of rotatable bonds is 5. The van der Waals surface area contributed by atoms with Crippen LogP contribution in [0.1, 0.15) is 31.1 Å². The smallest absolute Gasteiger partial charge is 0.410 e. The third kappa shape index (κ3) is 3.98. The minimum Gasteiger partial charge on any atom is -0.410 e. The first-order valence-corrected chi connectivity index (χ1v) is 8.27. The molecule has 1 unspecified atom stereocenters. The number of benzene rings is 1. The van der Waals surface area contributed by atoms with Crippen LogP contribution in [-0.4, -0.2) is 34.2 Å². The third-order valence-corrected chi connectivity index (χ3v) is 4.43. The molecule has 0 aliphatic rings. The number of ether oxygens (including phenoxy) is 1. The van der Waals surface area contributed by atoms with Crippen molar-refractivity contribution in [3.8, 4) is 5.75 Å². The van der Waals surface area contributed by atoms with Crippen LogP contribution in [0.5, 0.6) is 5.75 Å². The van der Waals surface area contributed by atoms with E-state index in [0.717, 1.165) is 0 Å². The molecule has 0 radical (unpaired) electrons. The second-order valence-corrected chi connectivity index (χ2v) is 5.78. The lowest BCUT2D eigenvalue weighted by atomic mass is 10.0. The van der Waals surface area contributed by atoms with E-state index in [1.807, 2.05) is 13.8 Å². The van der Waals surface area contributed by atoms with Crippen molar-refractivity contribution < 1.29 is 14.6 Å². The van der Waals surface area contributed by atoms with Gasteiger partial charge in [-0.1, -0.05) is 23.2 Å². The minimum absolute atomic E-state index is 0.144. The van der Waals surface area contributed by atoms with Crippen LogP contribution in [0.25, 0.3) is 0 Å². The van der Waals surface area contributed by atoms with E-state index in [-0.39, 0.29) is 21.4 Å². The topological polar surface area (TPSA) is 62.7 Å². The average Bonchev–Trinajstić information content (AvgIpc) is 2.60. The molecule has 1 aromatic carbocycles. The van der Waals surface area contributed by atoms with Crippen molar-refractivity contribution in [1.29, 1.82) is 0 Å². The molecule has 1 amide bonds. The van der Waals surface area contributed by atoms with E-state index in [4.69, 9.17) is 27.9 Å². The summed E-state index contributed by atoms with van der Waals surface area (Å²) in [5, 5.41) is 11.1. The number of hydrogen-bond acceptors (Lipinski definition) is 4. The van der Waals surface area contributed by atoms with Gasteiger partial charge in [-0.15, -0.1) is 0 Å². The molecule has 128 valence electrons. The van der Waals surface area contributed by atoms with Gasteiger partial charge in [0.15, 0.2) is 0 Å². The van der Waals surface area contributed by atoms with Crippen molar-refractivity contribution in [3.05, 3.63) is 57.8 Å². The fourth-order valence-corrected chi connectivity index (χ4v) is 2.67. The van der Waals surface area contributed by atoms with Gasteiger partial charge in [-0.3, -0.25) is 4.98 Å². The van der Waals surface area contributed by atoms with Gasteiger partial charge >= 0.3 is 6.09 Å². The molecule has 5 nitrogen and oxygen atoms in total. The van der Waals surface area contributed by atoms with E-state index in [9.17, 15) is 9.90 Å². The van der Waals surface area contributed by atoms with Crippen LogP contribution in [0.15, 0.2) is 36.7 Å². The van der Waals surface area contributed by atoms with Crippen LogP contribution in [0.3, 0.4) is 0 Å². The molecular formula is C17H18Cl2N2O3. The standard InChI is InChI=1S/C17H18Cl2N2O3/c1-3-21(4-2)17(23)24-13-6-5-12(18)15(19)14(13)16(22)11-7-9-20-10-8-11/h5-10,16,22H,3-4H2,1-2H3. The van der Waals surface area contributed by atoms with Crippen LogP contribution >= 0.6 is 23.2 Å². The van der Waals surface area contributed by atoms with E-state index in [0.29, 0.717) is 18.7 Å². The van der Waals surface area contributed by atoms with E-state index in [1.54, 1.807) is 24.5 Å². The number of halogens is 2. The van der Waals surface area contributed by atoms with Gasteiger partial charge in [0, 0.05) is 31.0 Å². The maximum Gasteiger partial charge on any atom is 0.415 e. The van der Waals surface area contributed by atoms with Crippen LogP contribution in [0.4, 0.5) is 4.79 Å². The second kappa shape index (κ2) is 8.33. The van der Waals surface area contributed by atoms with Crippen LogP contribution in [0, 0.1) is 0 Å². The molecule has 0 spiro atoms. The predicted octanol–water partition coefficient (Wildman–Crippen LogP) is 4.31.